The number of carbonyl (C=O) groups is 2. The molecule has 1 N–H and O–H groups in total. The zero-order valence-electron chi connectivity index (χ0n) is 19.3. The van der Waals surface area contributed by atoms with Crippen LogP contribution in [0.5, 0.6) is 0 Å². The van der Waals surface area contributed by atoms with Crippen molar-refractivity contribution < 1.29 is 27.7 Å². The number of para-hydroxylation sites is 1. The molecule has 0 aromatic heterocycles. The average molecular weight is 493 g/mol. The third kappa shape index (κ3) is 6.47. The number of nitro groups is 1. The van der Waals surface area contributed by atoms with Crippen LogP contribution in [0.25, 0.3) is 0 Å². The van der Waals surface area contributed by atoms with Gasteiger partial charge in [-0.1, -0.05) is 12.1 Å². The number of hydrogen-bond acceptors (Lipinski definition) is 6. The lowest BCUT2D eigenvalue weighted by atomic mass is 10.1. The Morgan fingerprint density at radius 3 is 2.26 bits per heavy atom. The van der Waals surface area contributed by atoms with E-state index in [0.29, 0.717) is 26.2 Å². The number of nitro benzene ring substituents is 1. The summed E-state index contributed by atoms with van der Waals surface area (Å²) >= 11 is 0. The first kappa shape index (κ1) is 25.9. The molecule has 12 heteroatoms. The maximum Gasteiger partial charge on any atom is 0.418 e. The summed E-state index contributed by atoms with van der Waals surface area (Å²) in [7, 11) is 1.43. The molecule has 1 saturated heterocycles. The monoisotopic (exact) mass is 493 g/mol. The summed E-state index contributed by atoms with van der Waals surface area (Å²) in [5, 5.41) is 13.1. The normalized spacial score (nSPS) is 15.4. The highest BCUT2D eigenvalue weighted by molar-refractivity contribution is 5.95. The highest BCUT2D eigenvalue weighted by atomic mass is 19.4. The number of amides is 2. The van der Waals surface area contributed by atoms with Gasteiger partial charge in [0.15, 0.2) is 0 Å². The second kappa shape index (κ2) is 10.7. The van der Waals surface area contributed by atoms with Gasteiger partial charge in [0.2, 0.25) is 11.8 Å². The summed E-state index contributed by atoms with van der Waals surface area (Å²) in [6.07, 6.45) is -4.61. The van der Waals surface area contributed by atoms with Gasteiger partial charge in [0.1, 0.15) is 0 Å². The number of piperazine rings is 1. The van der Waals surface area contributed by atoms with Crippen molar-refractivity contribution in [3.63, 3.8) is 0 Å². The summed E-state index contributed by atoms with van der Waals surface area (Å²) in [5.74, 6) is -1.05. The molecule has 2 aromatic rings. The van der Waals surface area contributed by atoms with Gasteiger partial charge in [0.25, 0.3) is 5.69 Å². The molecule has 1 atom stereocenters. The molecule has 1 fully saturated rings. The molecule has 35 heavy (non-hydrogen) atoms. The number of likely N-dealkylation sites (N-methyl/N-ethyl adjacent to an activating group) is 1. The van der Waals surface area contributed by atoms with Crippen LogP contribution in [0.15, 0.2) is 48.5 Å². The number of non-ortho nitro benzene ring substituents is 1. The third-order valence-electron chi connectivity index (χ3n) is 5.91. The molecule has 0 bridgehead atoms. The van der Waals surface area contributed by atoms with E-state index in [4.69, 9.17) is 0 Å². The average Bonchev–Trinajstić information content (AvgIpc) is 2.82. The van der Waals surface area contributed by atoms with E-state index in [9.17, 15) is 32.9 Å². The van der Waals surface area contributed by atoms with E-state index in [1.807, 2.05) is 4.90 Å². The predicted molar refractivity (Wildman–Crippen MR) is 124 cm³/mol. The topological polar surface area (TPSA) is 99.0 Å². The number of nitrogens with zero attached hydrogens (tertiary/aromatic N) is 4. The van der Waals surface area contributed by atoms with Crippen LogP contribution in [-0.2, 0) is 15.8 Å². The Kier molecular flexibility index (Phi) is 7.95. The minimum Gasteiger partial charge on any atom is -0.369 e. The molecule has 2 amide bonds. The fraction of sp³-hybridized carbons (Fsp3) is 0.391. The Balaban J connectivity index is 1.52. The fourth-order valence-electron chi connectivity index (χ4n) is 3.95. The molecule has 0 saturated carbocycles. The van der Waals surface area contributed by atoms with Crippen LogP contribution in [0.1, 0.15) is 12.5 Å². The Morgan fingerprint density at radius 1 is 1.09 bits per heavy atom. The lowest BCUT2D eigenvalue weighted by Crippen LogP contribution is -2.54. The molecule has 0 aliphatic carbocycles. The SMILES string of the molecule is CC(C(=O)N(C)CC(=O)Nc1ccccc1C(F)(F)F)N1CCN(c2ccc([N+](=O)[O-])cc2)CC1. The summed E-state index contributed by atoms with van der Waals surface area (Å²) in [4.78, 5) is 40.8. The predicted octanol–water partition coefficient (Wildman–Crippen LogP) is 3.22. The first-order valence-corrected chi connectivity index (χ1v) is 10.9. The largest absolute Gasteiger partial charge is 0.418 e. The first-order valence-electron chi connectivity index (χ1n) is 10.9. The van der Waals surface area contributed by atoms with Crippen molar-refractivity contribution in [1.82, 2.24) is 9.80 Å². The van der Waals surface area contributed by atoms with Gasteiger partial charge in [0.05, 0.1) is 28.8 Å². The van der Waals surface area contributed by atoms with E-state index >= 15 is 0 Å². The second-order valence-electron chi connectivity index (χ2n) is 8.26. The first-order chi connectivity index (χ1) is 16.5. The van der Waals surface area contributed by atoms with Crippen LogP contribution in [0.4, 0.5) is 30.2 Å². The third-order valence-corrected chi connectivity index (χ3v) is 5.91. The lowest BCUT2D eigenvalue weighted by Gasteiger charge is -2.39. The van der Waals surface area contributed by atoms with E-state index in [1.54, 1.807) is 19.1 Å². The van der Waals surface area contributed by atoms with Crippen LogP contribution < -0.4 is 10.2 Å². The van der Waals surface area contributed by atoms with Gasteiger partial charge in [-0.25, -0.2) is 0 Å². The van der Waals surface area contributed by atoms with Gasteiger partial charge < -0.3 is 15.1 Å². The Bertz CT molecular complexity index is 1070. The quantitative estimate of drug-likeness (QED) is 0.470. The molecule has 2 aromatic carbocycles. The Morgan fingerprint density at radius 2 is 1.69 bits per heavy atom. The Labute approximate surface area is 200 Å². The summed E-state index contributed by atoms with van der Waals surface area (Å²) < 4.78 is 39.4. The van der Waals surface area contributed by atoms with Crippen LogP contribution in [0.2, 0.25) is 0 Å². The maximum absolute atomic E-state index is 13.1. The molecule has 1 unspecified atom stereocenters. The van der Waals surface area contributed by atoms with Crippen molar-refractivity contribution in [2.24, 2.45) is 0 Å². The molecule has 9 nitrogen and oxygen atoms in total. The van der Waals surface area contributed by atoms with E-state index in [0.717, 1.165) is 17.8 Å². The van der Waals surface area contributed by atoms with Gasteiger partial charge in [-0.15, -0.1) is 0 Å². The molecule has 0 spiro atoms. The number of rotatable bonds is 7. The Hall–Kier alpha value is -3.67. The van der Waals surface area contributed by atoms with Gasteiger partial charge in [-0.3, -0.25) is 24.6 Å². The minimum atomic E-state index is -4.61. The highest BCUT2D eigenvalue weighted by Crippen LogP contribution is 2.34. The van der Waals surface area contributed by atoms with E-state index < -0.39 is 35.2 Å². The molecular formula is C23H26F3N5O4. The van der Waals surface area contributed by atoms with Crippen LogP contribution in [0, 0.1) is 10.1 Å². The van der Waals surface area contributed by atoms with E-state index in [-0.39, 0.29) is 17.3 Å². The smallest absolute Gasteiger partial charge is 0.369 e. The van der Waals surface area contributed by atoms with Crippen molar-refractivity contribution in [2.75, 3.05) is 50.0 Å². The minimum absolute atomic E-state index is 0.0144. The van der Waals surface area contributed by atoms with E-state index in [1.165, 1.54) is 36.2 Å². The van der Waals surface area contributed by atoms with Gasteiger partial charge in [-0.2, -0.15) is 13.2 Å². The molecule has 1 aliphatic heterocycles. The molecular weight excluding hydrogens is 467 g/mol. The maximum atomic E-state index is 13.1. The summed E-state index contributed by atoms with van der Waals surface area (Å²) in [6.45, 7) is 3.66. The van der Waals surface area contributed by atoms with Gasteiger partial charge in [-0.05, 0) is 31.2 Å². The number of benzene rings is 2. The van der Waals surface area contributed by atoms with E-state index in [2.05, 4.69) is 10.2 Å². The molecule has 3 rings (SSSR count). The van der Waals surface area contributed by atoms with Crippen LogP contribution >= 0.6 is 0 Å². The second-order valence-corrected chi connectivity index (χ2v) is 8.26. The van der Waals surface area contributed by atoms with Crippen molar-refractivity contribution in [3.8, 4) is 0 Å². The van der Waals surface area contributed by atoms with Gasteiger partial charge >= 0.3 is 6.18 Å². The molecule has 0 radical (unpaired) electrons. The summed E-state index contributed by atoms with van der Waals surface area (Å²) in [5.41, 5.74) is -0.453. The number of anilines is 2. The van der Waals surface area contributed by atoms with Crippen LogP contribution in [0.3, 0.4) is 0 Å². The van der Waals surface area contributed by atoms with Crippen molar-refractivity contribution in [2.45, 2.75) is 19.1 Å². The number of hydrogen-bond donors (Lipinski definition) is 1. The summed E-state index contributed by atoms with van der Waals surface area (Å²) in [6, 6.07) is 10.4. The standard InChI is InChI=1S/C23H26F3N5O4/c1-16(29-11-13-30(14-12-29)17-7-9-18(10-8-17)31(34)35)22(33)28(2)15-21(32)27-20-6-4-3-5-19(20)23(24,25)26/h3-10,16H,11-15H2,1-2H3,(H,27,32). The molecule has 188 valence electrons. The van der Waals surface area contributed by atoms with Crippen molar-refractivity contribution >= 4 is 28.9 Å². The fourth-order valence-corrected chi connectivity index (χ4v) is 3.95. The number of halogens is 3. The number of alkyl halides is 3. The molecule has 1 aliphatic rings. The van der Waals surface area contributed by atoms with Gasteiger partial charge in [0, 0.05) is 51.0 Å². The van der Waals surface area contributed by atoms with Crippen LogP contribution in [-0.4, -0.2) is 72.4 Å². The zero-order chi connectivity index (χ0) is 25.8. The van der Waals surface area contributed by atoms with Crippen molar-refractivity contribution in [3.05, 3.63) is 64.2 Å². The lowest BCUT2D eigenvalue weighted by molar-refractivity contribution is -0.384. The van der Waals surface area contributed by atoms with Crippen molar-refractivity contribution in [1.29, 1.82) is 0 Å². The number of carbonyl (C=O) groups excluding carboxylic acids is 2. The number of nitrogens with one attached hydrogen (secondary N) is 1. The zero-order valence-corrected chi connectivity index (χ0v) is 19.3. The highest BCUT2D eigenvalue weighted by Gasteiger charge is 2.34. The molecule has 1 heterocycles.